The molecule has 2 aromatic rings. The molecule has 18 heavy (non-hydrogen) atoms. The molecule has 2 rings (SSSR count). The highest BCUT2D eigenvalue weighted by atomic mass is 35.5. The third kappa shape index (κ3) is 2.64. The average Bonchev–Trinajstić information content (AvgIpc) is 2.32. The molecular weight excluding hydrogens is 271 g/mol. The number of hydrogen-bond donors (Lipinski definition) is 1. The summed E-state index contributed by atoms with van der Waals surface area (Å²) in [6.45, 7) is 3.52. The van der Waals surface area contributed by atoms with E-state index in [-0.39, 0.29) is 0 Å². The van der Waals surface area contributed by atoms with Crippen LogP contribution in [-0.2, 0) is 0 Å². The van der Waals surface area contributed by atoms with Crippen LogP contribution in [0.5, 0.6) is 0 Å². The molecule has 1 aromatic carbocycles. The zero-order valence-corrected chi connectivity index (χ0v) is 11.5. The summed E-state index contributed by atoms with van der Waals surface area (Å²) in [4.78, 5) is 8.59. The molecule has 1 atom stereocenters. The van der Waals surface area contributed by atoms with Gasteiger partial charge in [-0.15, -0.1) is 0 Å². The van der Waals surface area contributed by atoms with Crippen LogP contribution in [0.15, 0.2) is 24.4 Å². The van der Waals surface area contributed by atoms with Gasteiger partial charge >= 0.3 is 0 Å². The van der Waals surface area contributed by atoms with Crippen molar-refractivity contribution in [3.63, 3.8) is 0 Å². The molecule has 1 aromatic heterocycles. The second-order valence-electron chi connectivity index (χ2n) is 4.04. The van der Waals surface area contributed by atoms with Gasteiger partial charge in [-0.05, 0) is 32.0 Å². The van der Waals surface area contributed by atoms with Crippen LogP contribution in [0.25, 0.3) is 11.4 Å². The highest BCUT2D eigenvalue weighted by Gasteiger charge is 2.10. The Morgan fingerprint density at radius 1 is 1.22 bits per heavy atom. The third-order valence-corrected chi connectivity index (χ3v) is 3.38. The predicted octanol–water partition coefficient (Wildman–Crippen LogP) is 3.81. The minimum absolute atomic E-state index is 0.468. The molecule has 0 radical (unpaired) electrons. The molecule has 0 fully saturated rings. The Labute approximate surface area is 115 Å². The van der Waals surface area contributed by atoms with Crippen molar-refractivity contribution in [2.45, 2.75) is 20.0 Å². The number of rotatable bonds is 2. The van der Waals surface area contributed by atoms with Crippen molar-refractivity contribution >= 4 is 23.2 Å². The molecule has 0 amide bonds. The minimum Gasteiger partial charge on any atom is -0.389 e. The molecule has 3 nitrogen and oxygen atoms in total. The lowest BCUT2D eigenvalue weighted by atomic mass is 10.1. The van der Waals surface area contributed by atoms with Crippen LogP contribution in [0.4, 0.5) is 0 Å². The maximum absolute atomic E-state index is 9.53. The first kappa shape index (κ1) is 13.3. The van der Waals surface area contributed by atoms with Gasteiger partial charge in [-0.3, -0.25) is 0 Å². The summed E-state index contributed by atoms with van der Waals surface area (Å²) in [5.74, 6) is 0.565. The molecule has 1 N–H and O–H groups in total. The number of aromatic nitrogens is 2. The highest BCUT2D eigenvalue weighted by Crippen LogP contribution is 2.27. The van der Waals surface area contributed by atoms with E-state index in [0.29, 0.717) is 15.9 Å². The Balaban J connectivity index is 2.45. The second-order valence-corrected chi connectivity index (χ2v) is 4.85. The van der Waals surface area contributed by atoms with E-state index in [0.717, 1.165) is 16.8 Å². The Morgan fingerprint density at radius 2 is 1.94 bits per heavy atom. The van der Waals surface area contributed by atoms with Gasteiger partial charge in [0.15, 0.2) is 5.82 Å². The SMILES string of the molecule is Cc1nc(-c2ccc(Cl)c(Cl)c2)ncc1C(C)O. The fraction of sp³-hybridized carbons (Fsp3) is 0.231. The van der Waals surface area contributed by atoms with Crippen molar-refractivity contribution < 1.29 is 5.11 Å². The van der Waals surface area contributed by atoms with Crippen LogP contribution in [0.2, 0.25) is 10.0 Å². The third-order valence-electron chi connectivity index (χ3n) is 2.65. The monoisotopic (exact) mass is 282 g/mol. The lowest BCUT2D eigenvalue weighted by molar-refractivity contribution is 0.197. The molecule has 0 saturated carbocycles. The van der Waals surface area contributed by atoms with Crippen molar-refractivity contribution in [1.29, 1.82) is 0 Å². The largest absolute Gasteiger partial charge is 0.389 e. The molecule has 5 heteroatoms. The summed E-state index contributed by atoms with van der Waals surface area (Å²) < 4.78 is 0. The summed E-state index contributed by atoms with van der Waals surface area (Å²) in [6.07, 6.45) is 1.05. The smallest absolute Gasteiger partial charge is 0.159 e. The lowest BCUT2D eigenvalue weighted by Crippen LogP contribution is -2.01. The van der Waals surface area contributed by atoms with Crippen molar-refractivity contribution in [3.8, 4) is 11.4 Å². The van der Waals surface area contributed by atoms with Crippen molar-refractivity contribution in [3.05, 3.63) is 45.7 Å². The van der Waals surface area contributed by atoms with Crippen LogP contribution in [0, 0.1) is 6.92 Å². The minimum atomic E-state index is -0.576. The second kappa shape index (κ2) is 5.22. The summed E-state index contributed by atoms with van der Waals surface area (Å²) in [5.41, 5.74) is 2.27. The topological polar surface area (TPSA) is 46.0 Å². The first-order valence-corrected chi connectivity index (χ1v) is 6.21. The Kier molecular flexibility index (Phi) is 3.85. The number of hydrogen-bond acceptors (Lipinski definition) is 3. The van der Waals surface area contributed by atoms with Gasteiger partial charge in [0, 0.05) is 23.0 Å². The maximum atomic E-state index is 9.53. The zero-order chi connectivity index (χ0) is 13.3. The van der Waals surface area contributed by atoms with Gasteiger partial charge in [0.1, 0.15) is 0 Å². The molecule has 0 aliphatic rings. The molecule has 94 valence electrons. The number of nitrogens with zero attached hydrogens (tertiary/aromatic N) is 2. The number of aliphatic hydroxyl groups excluding tert-OH is 1. The van der Waals surface area contributed by atoms with E-state index < -0.39 is 6.10 Å². The van der Waals surface area contributed by atoms with Crippen LogP contribution in [0.1, 0.15) is 24.3 Å². The Bertz CT molecular complexity index is 585. The molecule has 0 aliphatic heterocycles. The van der Waals surface area contributed by atoms with Crippen molar-refractivity contribution in [1.82, 2.24) is 9.97 Å². The highest BCUT2D eigenvalue weighted by molar-refractivity contribution is 6.42. The zero-order valence-electron chi connectivity index (χ0n) is 9.98. The molecule has 0 aliphatic carbocycles. The average molecular weight is 283 g/mol. The number of benzene rings is 1. The van der Waals surface area contributed by atoms with Crippen LogP contribution in [-0.4, -0.2) is 15.1 Å². The Hall–Kier alpha value is -1.16. The molecule has 0 saturated heterocycles. The van der Waals surface area contributed by atoms with Gasteiger partial charge in [-0.1, -0.05) is 23.2 Å². The van der Waals surface area contributed by atoms with E-state index in [1.807, 2.05) is 13.0 Å². The summed E-state index contributed by atoms with van der Waals surface area (Å²) in [5, 5.41) is 10.5. The summed E-state index contributed by atoms with van der Waals surface area (Å²) in [7, 11) is 0. The number of halogens is 2. The van der Waals surface area contributed by atoms with E-state index >= 15 is 0 Å². The molecule has 1 heterocycles. The van der Waals surface area contributed by atoms with E-state index in [2.05, 4.69) is 9.97 Å². The molecule has 1 unspecified atom stereocenters. The number of aryl methyl sites for hydroxylation is 1. The van der Waals surface area contributed by atoms with Gasteiger partial charge in [0.2, 0.25) is 0 Å². The molecule has 0 spiro atoms. The van der Waals surface area contributed by atoms with Gasteiger partial charge in [0.05, 0.1) is 16.1 Å². The van der Waals surface area contributed by atoms with E-state index in [4.69, 9.17) is 23.2 Å². The molecular formula is C13H12Cl2N2O. The van der Waals surface area contributed by atoms with Crippen LogP contribution >= 0.6 is 23.2 Å². The Morgan fingerprint density at radius 3 is 2.50 bits per heavy atom. The van der Waals surface area contributed by atoms with Gasteiger partial charge < -0.3 is 5.11 Å². The maximum Gasteiger partial charge on any atom is 0.159 e. The molecule has 0 bridgehead atoms. The summed E-state index contributed by atoms with van der Waals surface area (Å²) >= 11 is 11.8. The van der Waals surface area contributed by atoms with E-state index in [9.17, 15) is 5.11 Å². The first-order valence-electron chi connectivity index (χ1n) is 5.46. The quantitative estimate of drug-likeness (QED) is 0.911. The summed E-state index contributed by atoms with van der Waals surface area (Å²) in [6, 6.07) is 5.24. The van der Waals surface area contributed by atoms with Gasteiger partial charge in [-0.2, -0.15) is 0 Å². The van der Waals surface area contributed by atoms with Crippen molar-refractivity contribution in [2.75, 3.05) is 0 Å². The first-order chi connectivity index (χ1) is 8.49. The fourth-order valence-corrected chi connectivity index (χ4v) is 1.96. The normalized spacial score (nSPS) is 12.5. The lowest BCUT2D eigenvalue weighted by Gasteiger charge is -2.09. The van der Waals surface area contributed by atoms with Gasteiger partial charge in [0.25, 0.3) is 0 Å². The van der Waals surface area contributed by atoms with Crippen molar-refractivity contribution in [2.24, 2.45) is 0 Å². The standard InChI is InChI=1S/C13H12Cl2N2O/c1-7-10(8(2)18)6-16-13(17-7)9-3-4-11(14)12(15)5-9/h3-6,8,18H,1-2H3. The number of aliphatic hydroxyl groups is 1. The van der Waals surface area contributed by atoms with E-state index in [1.165, 1.54) is 0 Å². The van der Waals surface area contributed by atoms with Crippen LogP contribution in [0.3, 0.4) is 0 Å². The fourth-order valence-electron chi connectivity index (χ4n) is 1.66. The van der Waals surface area contributed by atoms with Crippen LogP contribution < -0.4 is 0 Å². The van der Waals surface area contributed by atoms with Gasteiger partial charge in [-0.25, -0.2) is 9.97 Å². The van der Waals surface area contributed by atoms with E-state index in [1.54, 1.807) is 25.3 Å². The predicted molar refractivity (Wildman–Crippen MR) is 72.9 cm³/mol.